The van der Waals surface area contributed by atoms with Gasteiger partial charge in [0.1, 0.15) is 12.3 Å². The molecule has 0 bridgehead atoms. The number of rotatable bonds is 7. The summed E-state index contributed by atoms with van der Waals surface area (Å²) < 4.78 is 5.35. The summed E-state index contributed by atoms with van der Waals surface area (Å²) in [4.78, 5) is 66.0. The van der Waals surface area contributed by atoms with Crippen LogP contribution in [-0.2, 0) is 9.59 Å². The average Bonchev–Trinajstić information content (AvgIpc) is 3.21. The van der Waals surface area contributed by atoms with Crippen molar-refractivity contribution >= 4 is 64.3 Å². The largest absolute Gasteiger partial charge is 0.423 e. The highest BCUT2D eigenvalue weighted by atomic mass is 35.5. The van der Waals surface area contributed by atoms with Gasteiger partial charge in [0.25, 0.3) is 17.7 Å². The van der Waals surface area contributed by atoms with Crippen molar-refractivity contribution in [2.75, 3.05) is 6.54 Å². The van der Waals surface area contributed by atoms with Gasteiger partial charge in [-0.2, -0.15) is 5.01 Å². The molecule has 41 heavy (non-hydrogen) atoms. The zero-order valence-electron chi connectivity index (χ0n) is 21.3. The second-order valence-electron chi connectivity index (χ2n) is 9.48. The van der Waals surface area contributed by atoms with Crippen LogP contribution in [-0.4, -0.2) is 46.0 Å². The number of carbonyl (C=O) groups is 5. The van der Waals surface area contributed by atoms with Crippen molar-refractivity contribution in [3.8, 4) is 5.75 Å². The number of halogens is 3. The maximum Gasteiger partial charge on any atom is 0.345 e. The normalized spacial score (nSPS) is 17.8. The van der Waals surface area contributed by atoms with E-state index in [1.54, 1.807) is 0 Å². The molecule has 2 aliphatic rings. The Morgan fingerprint density at radius 2 is 1.34 bits per heavy atom. The van der Waals surface area contributed by atoms with Crippen LogP contribution in [0, 0.1) is 11.8 Å². The van der Waals surface area contributed by atoms with Crippen molar-refractivity contribution in [3.05, 3.63) is 111 Å². The lowest BCUT2D eigenvalue weighted by Crippen LogP contribution is -2.52. The van der Waals surface area contributed by atoms with E-state index in [1.165, 1.54) is 66.7 Å². The van der Waals surface area contributed by atoms with E-state index < -0.39 is 47.9 Å². The summed E-state index contributed by atoms with van der Waals surface area (Å²) in [7, 11) is 0. The van der Waals surface area contributed by atoms with Gasteiger partial charge in [0.05, 0.1) is 22.4 Å². The first-order chi connectivity index (χ1) is 19.6. The standard InChI is InChI=1S/C30H21Cl3N2O6/c31-19-9-5-18(6-10-19)27(37)34(35-28(38)22-3-1-2-4-23(22)29(35)39)16-26(36)17-7-12-21(13-8-17)41-30(40)24-14-11-20(32)15-25(24)33/h1-2,5-15,22-23H,3-4,16H2/t22-,23+. The molecule has 1 aliphatic heterocycles. The summed E-state index contributed by atoms with van der Waals surface area (Å²) in [5.41, 5.74) is 0.434. The van der Waals surface area contributed by atoms with Crippen LogP contribution in [0.2, 0.25) is 15.1 Å². The van der Waals surface area contributed by atoms with E-state index in [0.717, 1.165) is 10.0 Å². The molecule has 11 heteroatoms. The molecule has 208 valence electrons. The number of Topliss-reactive ketones (excluding diaryl/α,β-unsaturated/α-hetero) is 1. The first-order valence-electron chi connectivity index (χ1n) is 12.5. The van der Waals surface area contributed by atoms with E-state index >= 15 is 0 Å². The summed E-state index contributed by atoms with van der Waals surface area (Å²) >= 11 is 17.9. The van der Waals surface area contributed by atoms with Crippen molar-refractivity contribution in [1.82, 2.24) is 10.0 Å². The number of hydrogen-bond donors (Lipinski definition) is 0. The first kappa shape index (κ1) is 28.5. The SMILES string of the molecule is O=C(CN(C(=O)c1ccc(Cl)cc1)N1C(=O)[C@H]2CC=CC[C@H]2C1=O)c1ccc(OC(=O)c2ccc(Cl)cc2Cl)cc1. The highest BCUT2D eigenvalue weighted by Gasteiger charge is 2.51. The van der Waals surface area contributed by atoms with Crippen LogP contribution in [0.3, 0.4) is 0 Å². The highest BCUT2D eigenvalue weighted by Crippen LogP contribution is 2.36. The number of nitrogens with zero attached hydrogens (tertiary/aromatic N) is 2. The number of imide groups is 1. The highest BCUT2D eigenvalue weighted by molar-refractivity contribution is 6.36. The third kappa shape index (κ3) is 5.91. The van der Waals surface area contributed by atoms with Crippen LogP contribution in [0.5, 0.6) is 5.75 Å². The summed E-state index contributed by atoms with van der Waals surface area (Å²) in [6, 6.07) is 15.9. The number of hydrazine groups is 1. The fourth-order valence-corrected chi connectivity index (χ4v) is 5.36. The average molecular weight is 612 g/mol. The van der Waals surface area contributed by atoms with E-state index in [1.807, 2.05) is 12.2 Å². The molecule has 1 saturated heterocycles. The Labute approximate surface area is 250 Å². The van der Waals surface area contributed by atoms with Gasteiger partial charge < -0.3 is 4.74 Å². The van der Waals surface area contributed by atoms with Gasteiger partial charge in [0.15, 0.2) is 5.78 Å². The van der Waals surface area contributed by atoms with E-state index in [2.05, 4.69) is 0 Å². The van der Waals surface area contributed by atoms with E-state index in [9.17, 15) is 24.0 Å². The number of benzene rings is 3. The molecule has 1 aliphatic carbocycles. The van der Waals surface area contributed by atoms with Gasteiger partial charge in [-0.25, -0.2) is 9.80 Å². The van der Waals surface area contributed by atoms with Gasteiger partial charge in [0.2, 0.25) is 0 Å². The molecule has 1 fully saturated rings. The van der Waals surface area contributed by atoms with Gasteiger partial charge in [-0.15, -0.1) is 0 Å². The smallest absolute Gasteiger partial charge is 0.345 e. The lowest BCUT2D eigenvalue weighted by molar-refractivity contribution is -0.154. The molecule has 8 nitrogen and oxygen atoms in total. The third-order valence-corrected chi connectivity index (χ3v) is 7.68. The minimum Gasteiger partial charge on any atom is -0.423 e. The Hall–Kier alpha value is -3.98. The molecular weight excluding hydrogens is 591 g/mol. The maximum atomic E-state index is 13.6. The van der Waals surface area contributed by atoms with Crippen molar-refractivity contribution in [1.29, 1.82) is 0 Å². The van der Waals surface area contributed by atoms with Crippen molar-refractivity contribution in [3.63, 3.8) is 0 Å². The minimum absolute atomic E-state index is 0.114. The molecule has 0 N–H and O–H groups in total. The Morgan fingerprint density at radius 1 is 0.780 bits per heavy atom. The van der Waals surface area contributed by atoms with Crippen LogP contribution in [0.25, 0.3) is 0 Å². The van der Waals surface area contributed by atoms with E-state index in [4.69, 9.17) is 39.5 Å². The lowest BCUT2D eigenvalue weighted by atomic mass is 9.85. The molecule has 3 aromatic rings. The number of hydrogen-bond acceptors (Lipinski definition) is 6. The Kier molecular flexibility index (Phi) is 8.26. The summed E-state index contributed by atoms with van der Waals surface area (Å²) in [5.74, 6) is -4.04. The Bertz CT molecular complexity index is 1560. The van der Waals surface area contributed by atoms with Gasteiger partial charge in [-0.1, -0.05) is 47.0 Å². The zero-order valence-corrected chi connectivity index (χ0v) is 23.5. The van der Waals surface area contributed by atoms with Crippen LogP contribution >= 0.6 is 34.8 Å². The second-order valence-corrected chi connectivity index (χ2v) is 10.8. The molecule has 1 heterocycles. The van der Waals surface area contributed by atoms with Crippen molar-refractivity contribution in [2.45, 2.75) is 12.8 Å². The van der Waals surface area contributed by atoms with E-state index in [0.29, 0.717) is 22.9 Å². The number of esters is 1. The van der Waals surface area contributed by atoms with Crippen molar-refractivity contribution < 1.29 is 28.7 Å². The molecule has 0 radical (unpaired) electrons. The third-order valence-electron chi connectivity index (χ3n) is 6.88. The predicted octanol–water partition coefficient (Wildman–Crippen LogP) is 6.06. The Morgan fingerprint density at radius 3 is 1.93 bits per heavy atom. The number of ketones is 1. The Balaban J connectivity index is 1.36. The number of ether oxygens (including phenoxy) is 1. The molecule has 0 unspecified atom stereocenters. The number of fused-ring (bicyclic) bond motifs is 1. The molecule has 2 atom stereocenters. The molecule has 3 aromatic carbocycles. The quantitative estimate of drug-likeness (QED) is 0.106. The molecule has 3 amide bonds. The molecule has 5 rings (SSSR count). The lowest BCUT2D eigenvalue weighted by Gasteiger charge is -2.30. The van der Waals surface area contributed by atoms with Crippen LogP contribution in [0.4, 0.5) is 0 Å². The van der Waals surface area contributed by atoms with E-state index in [-0.39, 0.29) is 27.5 Å². The number of carbonyl (C=O) groups excluding carboxylic acids is 5. The monoisotopic (exact) mass is 610 g/mol. The van der Waals surface area contributed by atoms with Crippen LogP contribution < -0.4 is 4.74 Å². The van der Waals surface area contributed by atoms with Crippen LogP contribution in [0.1, 0.15) is 43.9 Å². The second kappa shape index (κ2) is 11.9. The van der Waals surface area contributed by atoms with Gasteiger partial charge >= 0.3 is 5.97 Å². The molecule has 0 saturated carbocycles. The number of allylic oxidation sites excluding steroid dienone is 2. The summed E-state index contributed by atoms with van der Waals surface area (Å²) in [6.07, 6.45) is 4.43. The molecule has 0 spiro atoms. The minimum atomic E-state index is -0.715. The summed E-state index contributed by atoms with van der Waals surface area (Å²) in [5, 5.41) is 2.59. The van der Waals surface area contributed by atoms with Gasteiger partial charge in [-0.05, 0) is 79.6 Å². The fraction of sp³-hybridized carbons (Fsp3) is 0.167. The molecular formula is C30H21Cl3N2O6. The van der Waals surface area contributed by atoms with Gasteiger partial charge in [0, 0.05) is 21.2 Å². The number of amides is 3. The topological polar surface area (TPSA) is 101 Å². The zero-order chi connectivity index (χ0) is 29.3. The predicted molar refractivity (Wildman–Crippen MR) is 152 cm³/mol. The first-order valence-corrected chi connectivity index (χ1v) is 13.7. The van der Waals surface area contributed by atoms with Gasteiger partial charge in [-0.3, -0.25) is 19.2 Å². The van der Waals surface area contributed by atoms with Crippen LogP contribution in [0.15, 0.2) is 78.9 Å². The maximum absolute atomic E-state index is 13.6. The summed E-state index contributed by atoms with van der Waals surface area (Å²) in [6.45, 7) is -0.578. The fourth-order valence-electron chi connectivity index (χ4n) is 4.75. The van der Waals surface area contributed by atoms with Crippen molar-refractivity contribution in [2.24, 2.45) is 11.8 Å². The molecule has 0 aromatic heterocycles.